The highest BCUT2D eigenvalue weighted by Gasteiger charge is 2.34. The van der Waals surface area contributed by atoms with Gasteiger partial charge in [-0.25, -0.2) is 9.79 Å². The number of furan rings is 1. The minimum absolute atomic E-state index is 0.187. The van der Waals surface area contributed by atoms with Gasteiger partial charge in [0, 0.05) is 21.7 Å². The second-order valence-corrected chi connectivity index (χ2v) is 10.4. The van der Waals surface area contributed by atoms with Gasteiger partial charge < -0.3 is 9.15 Å². The average molecular weight is 574 g/mol. The SMILES string of the molecule is CCOC(=O)C1=C(C)N=c2s/c(=C\c3ccc(-c4cc(Cl)ccc4Cl)o3)c(=O)n2C1c1ccccc1Cl. The molecule has 0 radical (unpaired) electrons. The largest absolute Gasteiger partial charge is 0.463 e. The minimum Gasteiger partial charge on any atom is -0.463 e. The third-order valence-electron chi connectivity index (χ3n) is 5.81. The van der Waals surface area contributed by atoms with Crippen molar-refractivity contribution in [2.45, 2.75) is 19.9 Å². The molecule has 1 aliphatic rings. The lowest BCUT2D eigenvalue weighted by Gasteiger charge is -2.25. The number of rotatable bonds is 5. The Balaban J connectivity index is 1.66. The number of ether oxygens (including phenoxy) is 1. The molecule has 10 heteroatoms. The van der Waals surface area contributed by atoms with E-state index in [0.29, 0.717) is 52.7 Å². The molecule has 37 heavy (non-hydrogen) atoms. The predicted molar refractivity (Wildman–Crippen MR) is 146 cm³/mol. The van der Waals surface area contributed by atoms with Gasteiger partial charge in [-0.3, -0.25) is 9.36 Å². The average Bonchev–Trinajstić information content (AvgIpc) is 3.45. The number of hydrogen-bond acceptors (Lipinski definition) is 6. The number of hydrogen-bond donors (Lipinski definition) is 0. The molecule has 2 aromatic carbocycles. The van der Waals surface area contributed by atoms with Crippen LogP contribution < -0.4 is 14.9 Å². The van der Waals surface area contributed by atoms with Gasteiger partial charge in [0.1, 0.15) is 17.6 Å². The second kappa shape index (κ2) is 10.3. The van der Waals surface area contributed by atoms with Gasteiger partial charge in [-0.2, -0.15) is 0 Å². The van der Waals surface area contributed by atoms with Crippen molar-refractivity contribution in [1.29, 1.82) is 0 Å². The van der Waals surface area contributed by atoms with Crippen LogP contribution in [0, 0.1) is 0 Å². The van der Waals surface area contributed by atoms with Gasteiger partial charge in [0.05, 0.1) is 27.4 Å². The number of allylic oxidation sites excluding steroid dienone is 1. The first-order valence-electron chi connectivity index (χ1n) is 11.3. The van der Waals surface area contributed by atoms with E-state index in [0.717, 1.165) is 0 Å². The summed E-state index contributed by atoms with van der Waals surface area (Å²) in [5.74, 6) is 0.421. The maximum absolute atomic E-state index is 13.7. The highest BCUT2D eigenvalue weighted by molar-refractivity contribution is 7.07. The monoisotopic (exact) mass is 572 g/mol. The highest BCUT2D eigenvalue weighted by atomic mass is 35.5. The van der Waals surface area contributed by atoms with E-state index in [9.17, 15) is 9.59 Å². The summed E-state index contributed by atoms with van der Waals surface area (Å²) < 4.78 is 13.1. The predicted octanol–water partition coefficient (Wildman–Crippen LogP) is 6.02. The van der Waals surface area contributed by atoms with Crippen molar-refractivity contribution in [3.63, 3.8) is 0 Å². The van der Waals surface area contributed by atoms with Gasteiger partial charge in [0.25, 0.3) is 5.56 Å². The van der Waals surface area contributed by atoms with Gasteiger partial charge in [-0.15, -0.1) is 0 Å². The van der Waals surface area contributed by atoms with Crippen LogP contribution in [0.4, 0.5) is 0 Å². The summed E-state index contributed by atoms with van der Waals surface area (Å²) in [6, 6.07) is 14.9. The lowest BCUT2D eigenvalue weighted by Crippen LogP contribution is -2.40. The van der Waals surface area contributed by atoms with Crippen LogP contribution in [-0.2, 0) is 9.53 Å². The number of thiazole rings is 1. The summed E-state index contributed by atoms with van der Waals surface area (Å²) in [6.45, 7) is 3.63. The van der Waals surface area contributed by atoms with Gasteiger partial charge >= 0.3 is 5.97 Å². The van der Waals surface area contributed by atoms with Crippen LogP contribution in [0.5, 0.6) is 0 Å². The molecular formula is C27H19Cl3N2O4S. The Morgan fingerprint density at radius 1 is 1.14 bits per heavy atom. The molecule has 6 nitrogen and oxygen atoms in total. The number of halogens is 3. The Labute approximate surface area is 230 Å². The maximum atomic E-state index is 13.7. The second-order valence-electron chi connectivity index (χ2n) is 8.15. The molecule has 0 N–H and O–H groups in total. The molecule has 1 unspecified atom stereocenters. The number of carbonyl (C=O) groups excluding carboxylic acids is 1. The number of aromatic nitrogens is 1. The molecule has 0 saturated carbocycles. The van der Waals surface area contributed by atoms with Crippen LogP contribution in [0.25, 0.3) is 17.4 Å². The lowest BCUT2D eigenvalue weighted by molar-refractivity contribution is -0.139. The number of fused-ring (bicyclic) bond motifs is 1. The molecule has 0 fully saturated rings. The summed E-state index contributed by atoms with van der Waals surface area (Å²) >= 11 is 20.2. The number of nitrogens with zero attached hydrogens (tertiary/aromatic N) is 2. The Kier molecular flexibility index (Phi) is 7.14. The fraction of sp³-hybridized carbons (Fsp3) is 0.148. The van der Waals surface area contributed by atoms with Crippen molar-refractivity contribution in [2.24, 2.45) is 4.99 Å². The minimum atomic E-state index is -0.788. The van der Waals surface area contributed by atoms with Gasteiger partial charge in [0.15, 0.2) is 4.80 Å². The summed E-state index contributed by atoms with van der Waals surface area (Å²) in [7, 11) is 0. The van der Waals surface area contributed by atoms with Crippen molar-refractivity contribution >= 4 is 58.2 Å². The van der Waals surface area contributed by atoms with Crippen molar-refractivity contribution in [3.8, 4) is 11.3 Å². The topological polar surface area (TPSA) is 73.8 Å². The zero-order valence-corrected chi connectivity index (χ0v) is 22.7. The normalized spacial score (nSPS) is 15.5. The Bertz CT molecular complexity index is 1750. The molecule has 0 amide bonds. The fourth-order valence-corrected chi connectivity index (χ4v) is 5.82. The van der Waals surface area contributed by atoms with Crippen LogP contribution in [0.2, 0.25) is 15.1 Å². The quantitative estimate of drug-likeness (QED) is 0.274. The molecule has 1 atom stereocenters. The first-order chi connectivity index (χ1) is 17.8. The zero-order valence-electron chi connectivity index (χ0n) is 19.6. The van der Waals surface area contributed by atoms with Crippen LogP contribution >= 0.6 is 46.1 Å². The highest BCUT2D eigenvalue weighted by Crippen LogP contribution is 2.35. The van der Waals surface area contributed by atoms with Gasteiger partial charge in [-0.05, 0) is 55.8 Å². The summed E-state index contributed by atoms with van der Waals surface area (Å²) in [6.07, 6.45) is 1.64. The molecule has 188 valence electrons. The standard InChI is InChI=1S/C27H19Cl3N2O4S/c1-3-35-26(34)23-14(2)31-27-32(24(23)17-6-4-5-7-19(17)29)25(33)22(37-27)13-16-9-11-21(36-16)18-12-15(28)8-10-20(18)30/h4-13,24H,3H2,1-2H3/b22-13-. The van der Waals surface area contributed by atoms with Crippen LogP contribution in [0.1, 0.15) is 31.2 Å². The molecule has 0 aliphatic carbocycles. The Hall–Kier alpha value is -3.10. The van der Waals surface area contributed by atoms with E-state index in [1.54, 1.807) is 74.5 Å². The van der Waals surface area contributed by atoms with Crippen LogP contribution in [-0.4, -0.2) is 17.1 Å². The molecule has 0 spiro atoms. The number of carbonyl (C=O) groups is 1. The molecule has 5 rings (SSSR count). The van der Waals surface area contributed by atoms with Gasteiger partial charge in [-0.1, -0.05) is 64.3 Å². The summed E-state index contributed by atoms with van der Waals surface area (Å²) in [5.41, 5.74) is 1.65. The van der Waals surface area contributed by atoms with Crippen molar-refractivity contribution < 1.29 is 13.9 Å². The van der Waals surface area contributed by atoms with E-state index < -0.39 is 12.0 Å². The van der Waals surface area contributed by atoms with E-state index in [-0.39, 0.29) is 17.7 Å². The Morgan fingerprint density at radius 3 is 2.68 bits per heavy atom. The lowest BCUT2D eigenvalue weighted by atomic mass is 9.96. The van der Waals surface area contributed by atoms with Crippen molar-refractivity contribution in [3.05, 3.63) is 112 Å². The number of esters is 1. The van der Waals surface area contributed by atoms with E-state index in [1.807, 2.05) is 0 Å². The molecule has 0 bridgehead atoms. The van der Waals surface area contributed by atoms with E-state index in [2.05, 4.69) is 4.99 Å². The molecule has 4 aromatic rings. The summed E-state index contributed by atoms with van der Waals surface area (Å²) in [5, 5.41) is 1.44. The maximum Gasteiger partial charge on any atom is 0.338 e. The Morgan fingerprint density at radius 2 is 1.92 bits per heavy atom. The summed E-state index contributed by atoms with van der Waals surface area (Å²) in [4.78, 5) is 31.7. The van der Waals surface area contributed by atoms with Gasteiger partial charge in [0.2, 0.25) is 0 Å². The first kappa shape index (κ1) is 25.5. The van der Waals surface area contributed by atoms with Crippen LogP contribution in [0.15, 0.2) is 80.1 Å². The third-order valence-corrected chi connectivity index (χ3v) is 7.70. The third kappa shape index (κ3) is 4.80. The fourth-order valence-electron chi connectivity index (χ4n) is 4.17. The van der Waals surface area contributed by atoms with Crippen molar-refractivity contribution in [2.75, 3.05) is 6.61 Å². The van der Waals surface area contributed by atoms with E-state index in [1.165, 1.54) is 15.9 Å². The number of benzene rings is 2. The molecular weight excluding hydrogens is 555 g/mol. The van der Waals surface area contributed by atoms with E-state index in [4.69, 9.17) is 44.0 Å². The molecule has 1 aliphatic heterocycles. The van der Waals surface area contributed by atoms with Crippen LogP contribution in [0.3, 0.4) is 0 Å². The molecule has 0 saturated heterocycles. The first-order valence-corrected chi connectivity index (χ1v) is 13.2. The van der Waals surface area contributed by atoms with Crippen molar-refractivity contribution in [1.82, 2.24) is 4.57 Å². The molecule has 3 heterocycles. The molecule has 2 aromatic heterocycles. The zero-order chi connectivity index (χ0) is 26.3. The smallest absolute Gasteiger partial charge is 0.338 e. The van der Waals surface area contributed by atoms with E-state index >= 15 is 0 Å².